The summed E-state index contributed by atoms with van der Waals surface area (Å²) in [5.74, 6) is -0.745. The summed E-state index contributed by atoms with van der Waals surface area (Å²) in [6.07, 6.45) is 3.54. The van der Waals surface area contributed by atoms with E-state index in [4.69, 9.17) is 4.74 Å². The maximum Gasteiger partial charge on any atom is 0.310 e. The predicted octanol–water partition coefficient (Wildman–Crippen LogP) is 4.57. The van der Waals surface area contributed by atoms with E-state index in [2.05, 4.69) is 17.4 Å². The van der Waals surface area contributed by atoms with Gasteiger partial charge in [-0.2, -0.15) is 0 Å². The molecule has 0 unspecified atom stereocenters. The second-order valence-electron chi connectivity index (χ2n) is 7.25. The summed E-state index contributed by atoms with van der Waals surface area (Å²) >= 11 is 0. The van der Waals surface area contributed by atoms with Gasteiger partial charge in [0.25, 0.3) is 5.91 Å². The van der Waals surface area contributed by atoms with Gasteiger partial charge in [-0.3, -0.25) is 9.59 Å². The Morgan fingerprint density at radius 1 is 0.862 bits per heavy atom. The number of rotatable bonds is 6. The van der Waals surface area contributed by atoms with Crippen LogP contribution in [0.4, 0.5) is 5.69 Å². The lowest BCUT2D eigenvalue weighted by molar-refractivity contribution is -0.146. The number of para-hydroxylation sites is 1. The summed E-state index contributed by atoms with van der Waals surface area (Å²) in [5.41, 5.74) is 6.26. The van der Waals surface area contributed by atoms with Gasteiger partial charge in [-0.05, 0) is 47.6 Å². The molecule has 1 amide bonds. The highest BCUT2D eigenvalue weighted by molar-refractivity contribution is 5.96. The Bertz CT molecular complexity index is 1030. The number of amides is 1. The van der Waals surface area contributed by atoms with Gasteiger partial charge in [-0.25, -0.2) is 0 Å². The first kappa shape index (κ1) is 18.9. The third-order valence-electron chi connectivity index (χ3n) is 5.16. The highest BCUT2D eigenvalue weighted by Crippen LogP contribution is 2.27. The summed E-state index contributed by atoms with van der Waals surface area (Å²) in [6, 6.07) is 23.6. The summed E-state index contributed by atoms with van der Waals surface area (Å²) in [5, 5.41) is 2.85. The van der Waals surface area contributed by atoms with Crippen molar-refractivity contribution in [3.05, 3.63) is 89.5 Å². The molecule has 0 saturated heterocycles. The van der Waals surface area contributed by atoms with E-state index < -0.39 is 5.97 Å². The quantitative estimate of drug-likeness (QED) is 0.633. The lowest BCUT2D eigenvalue weighted by atomic mass is 10.0. The second kappa shape index (κ2) is 8.74. The number of benzene rings is 3. The van der Waals surface area contributed by atoms with Gasteiger partial charge in [0, 0.05) is 11.3 Å². The maximum absolute atomic E-state index is 12.3. The van der Waals surface area contributed by atoms with Gasteiger partial charge >= 0.3 is 5.97 Å². The Morgan fingerprint density at radius 2 is 1.62 bits per heavy atom. The zero-order valence-corrected chi connectivity index (χ0v) is 16.2. The van der Waals surface area contributed by atoms with E-state index in [-0.39, 0.29) is 18.9 Å². The highest BCUT2D eigenvalue weighted by Gasteiger charge is 2.14. The summed E-state index contributed by atoms with van der Waals surface area (Å²) in [6.45, 7) is -0.299. The Kier molecular flexibility index (Phi) is 5.71. The minimum Gasteiger partial charge on any atom is -0.455 e. The number of carbonyl (C=O) groups excluding carboxylic acids is 2. The number of ether oxygens (including phenoxy) is 1. The number of anilines is 1. The van der Waals surface area contributed by atoms with Gasteiger partial charge in [0.15, 0.2) is 6.61 Å². The Balaban J connectivity index is 1.33. The summed E-state index contributed by atoms with van der Waals surface area (Å²) in [7, 11) is 0. The minimum absolute atomic E-state index is 0.182. The van der Waals surface area contributed by atoms with Crippen LogP contribution in [0.15, 0.2) is 72.8 Å². The van der Waals surface area contributed by atoms with Gasteiger partial charge in [0.1, 0.15) is 0 Å². The van der Waals surface area contributed by atoms with Crippen molar-refractivity contribution in [3.8, 4) is 11.1 Å². The molecule has 0 aromatic heterocycles. The van der Waals surface area contributed by atoms with E-state index in [0.717, 1.165) is 29.5 Å². The average molecular weight is 385 g/mol. The number of fused-ring (bicyclic) bond motifs is 1. The van der Waals surface area contributed by atoms with Crippen molar-refractivity contribution < 1.29 is 14.3 Å². The number of carbonyl (C=O) groups is 2. The van der Waals surface area contributed by atoms with Crippen molar-refractivity contribution in [3.63, 3.8) is 0 Å². The van der Waals surface area contributed by atoms with Gasteiger partial charge in [-0.15, -0.1) is 0 Å². The Labute approximate surface area is 170 Å². The molecule has 0 aliphatic heterocycles. The van der Waals surface area contributed by atoms with Crippen molar-refractivity contribution in [2.24, 2.45) is 0 Å². The molecule has 0 spiro atoms. The fraction of sp³-hybridized carbons (Fsp3) is 0.200. The number of esters is 1. The van der Waals surface area contributed by atoms with E-state index in [9.17, 15) is 9.59 Å². The largest absolute Gasteiger partial charge is 0.455 e. The first-order valence-electron chi connectivity index (χ1n) is 9.89. The molecule has 0 saturated carbocycles. The molecule has 1 N–H and O–H groups in total. The zero-order chi connectivity index (χ0) is 20.1. The summed E-state index contributed by atoms with van der Waals surface area (Å²) < 4.78 is 5.19. The molecule has 0 bridgehead atoms. The molecule has 0 radical (unpaired) electrons. The van der Waals surface area contributed by atoms with E-state index in [1.54, 1.807) is 0 Å². The monoisotopic (exact) mass is 385 g/mol. The SMILES string of the molecule is O=C(COC(=O)Cc1ccc2c(c1)CCC2)Nc1ccccc1-c1ccccc1. The standard InChI is InChI=1S/C25H23NO3/c27-24(26-23-12-5-4-11-22(23)20-7-2-1-3-8-20)17-29-25(28)16-18-13-14-19-9-6-10-21(19)15-18/h1-5,7-8,11-15H,6,9-10,16-17H2,(H,26,27). The van der Waals surface area contributed by atoms with Gasteiger partial charge < -0.3 is 10.1 Å². The number of nitrogens with one attached hydrogen (secondary N) is 1. The average Bonchev–Trinajstić information content (AvgIpc) is 3.21. The molecule has 1 aliphatic rings. The van der Waals surface area contributed by atoms with Crippen LogP contribution in [0, 0.1) is 0 Å². The lowest BCUT2D eigenvalue weighted by Gasteiger charge is -2.12. The third kappa shape index (κ3) is 4.72. The van der Waals surface area contributed by atoms with Gasteiger partial charge in [0.2, 0.25) is 0 Å². The van der Waals surface area contributed by atoms with Crippen LogP contribution < -0.4 is 5.32 Å². The van der Waals surface area contributed by atoms with Crippen LogP contribution in [0.2, 0.25) is 0 Å². The van der Waals surface area contributed by atoms with Crippen molar-refractivity contribution >= 4 is 17.6 Å². The molecule has 1 aliphatic carbocycles. The number of hydrogen-bond acceptors (Lipinski definition) is 3. The molecule has 4 rings (SSSR count). The highest BCUT2D eigenvalue weighted by atomic mass is 16.5. The molecule has 3 aromatic rings. The third-order valence-corrected chi connectivity index (χ3v) is 5.16. The van der Waals surface area contributed by atoms with Crippen LogP contribution in [0.1, 0.15) is 23.1 Å². The number of aryl methyl sites for hydroxylation is 2. The van der Waals surface area contributed by atoms with Gasteiger partial charge in [-0.1, -0.05) is 66.7 Å². The van der Waals surface area contributed by atoms with E-state index in [0.29, 0.717) is 5.69 Å². The van der Waals surface area contributed by atoms with Crippen LogP contribution in [0.5, 0.6) is 0 Å². The van der Waals surface area contributed by atoms with E-state index >= 15 is 0 Å². The first-order valence-corrected chi connectivity index (χ1v) is 9.89. The first-order chi connectivity index (χ1) is 14.2. The molecule has 146 valence electrons. The van der Waals surface area contributed by atoms with Gasteiger partial charge in [0.05, 0.1) is 6.42 Å². The lowest BCUT2D eigenvalue weighted by Crippen LogP contribution is -2.22. The van der Waals surface area contributed by atoms with Crippen molar-refractivity contribution in [2.45, 2.75) is 25.7 Å². The molecule has 0 fully saturated rings. The second-order valence-corrected chi connectivity index (χ2v) is 7.25. The smallest absolute Gasteiger partial charge is 0.310 e. The topological polar surface area (TPSA) is 55.4 Å². The predicted molar refractivity (Wildman–Crippen MR) is 114 cm³/mol. The molecule has 0 atom stereocenters. The van der Waals surface area contributed by atoms with E-state index in [1.807, 2.05) is 60.7 Å². The fourth-order valence-electron chi connectivity index (χ4n) is 3.75. The van der Waals surface area contributed by atoms with Crippen molar-refractivity contribution in [1.29, 1.82) is 0 Å². The van der Waals surface area contributed by atoms with Crippen molar-refractivity contribution in [1.82, 2.24) is 0 Å². The molecule has 3 aromatic carbocycles. The van der Waals surface area contributed by atoms with Crippen molar-refractivity contribution in [2.75, 3.05) is 11.9 Å². The molecule has 4 heteroatoms. The molecule has 0 heterocycles. The Hall–Kier alpha value is -3.40. The fourth-order valence-corrected chi connectivity index (χ4v) is 3.75. The molecular weight excluding hydrogens is 362 g/mol. The van der Waals surface area contributed by atoms with Crippen LogP contribution in [-0.2, 0) is 33.6 Å². The van der Waals surface area contributed by atoms with Crippen LogP contribution in [0.25, 0.3) is 11.1 Å². The molecule has 29 heavy (non-hydrogen) atoms. The Morgan fingerprint density at radius 3 is 2.48 bits per heavy atom. The van der Waals surface area contributed by atoms with Crippen LogP contribution in [0.3, 0.4) is 0 Å². The summed E-state index contributed by atoms with van der Waals surface area (Å²) in [4.78, 5) is 24.5. The zero-order valence-electron chi connectivity index (χ0n) is 16.2. The van der Waals surface area contributed by atoms with Crippen LogP contribution in [-0.4, -0.2) is 18.5 Å². The molecule has 4 nitrogen and oxygen atoms in total. The van der Waals surface area contributed by atoms with E-state index in [1.165, 1.54) is 17.5 Å². The minimum atomic E-state index is -0.394. The maximum atomic E-state index is 12.3. The number of hydrogen-bond donors (Lipinski definition) is 1. The van der Waals surface area contributed by atoms with Crippen LogP contribution >= 0.6 is 0 Å². The molecular formula is C25H23NO3. The normalized spacial score (nSPS) is 12.3.